The van der Waals surface area contributed by atoms with Gasteiger partial charge in [0.2, 0.25) is 5.95 Å². The highest BCUT2D eigenvalue weighted by atomic mass is 15.1. The Bertz CT molecular complexity index is 821. The second-order valence-corrected chi connectivity index (χ2v) is 6.63. The average Bonchev–Trinajstić information content (AvgIpc) is 2.71. The smallest absolute Gasteiger partial charge is 0.225 e. The summed E-state index contributed by atoms with van der Waals surface area (Å²) < 4.78 is 0. The van der Waals surface area contributed by atoms with Crippen molar-refractivity contribution in [3.05, 3.63) is 66.5 Å². The van der Waals surface area contributed by atoms with E-state index in [2.05, 4.69) is 56.7 Å². The van der Waals surface area contributed by atoms with Gasteiger partial charge in [-0.25, -0.2) is 4.98 Å². The Morgan fingerprint density at radius 1 is 0.963 bits per heavy atom. The van der Waals surface area contributed by atoms with E-state index in [4.69, 9.17) is 0 Å². The van der Waals surface area contributed by atoms with Crippen molar-refractivity contribution < 1.29 is 0 Å². The van der Waals surface area contributed by atoms with Gasteiger partial charge in [-0.1, -0.05) is 36.4 Å². The number of pyridine rings is 1. The fourth-order valence-corrected chi connectivity index (χ4v) is 2.67. The molecule has 3 aromatic rings. The number of aromatic nitrogens is 3. The van der Waals surface area contributed by atoms with E-state index in [1.54, 1.807) is 6.20 Å². The highest BCUT2D eigenvalue weighted by Gasteiger charge is 2.07. The van der Waals surface area contributed by atoms with Gasteiger partial charge in [-0.15, -0.1) is 0 Å². The van der Waals surface area contributed by atoms with E-state index in [1.807, 2.05) is 42.6 Å². The lowest BCUT2D eigenvalue weighted by molar-refractivity contribution is 0.405. The zero-order chi connectivity index (χ0) is 18.9. The van der Waals surface area contributed by atoms with Crippen molar-refractivity contribution in [2.45, 2.75) is 13.0 Å². The zero-order valence-corrected chi connectivity index (χ0v) is 15.9. The molecule has 0 fully saturated rings. The minimum absolute atomic E-state index is 0.607. The van der Waals surface area contributed by atoms with Crippen molar-refractivity contribution >= 4 is 11.8 Å². The number of rotatable bonds is 9. The fraction of sp³-hybridized carbons (Fsp3) is 0.286. The topological polar surface area (TPSA) is 66.0 Å². The number of anilines is 2. The molecule has 0 saturated heterocycles. The summed E-state index contributed by atoms with van der Waals surface area (Å²) in [6, 6.07) is 16.1. The maximum absolute atomic E-state index is 4.68. The van der Waals surface area contributed by atoms with Gasteiger partial charge in [0.15, 0.2) is 0 Å². The number of hydrogen-bond acceptors (Lipinski definition) is 6. The summed E-state index contributed by atoms with van der Waals surface area (Å²) in [5.74, 6) is 1.44. The molecule has 6 nitrogen and oxygen atoms in total. The lowest BCUT2D eigenvalue weighted by Crippen LogP contribution is -2.17. The summed E-state index contributed by atoms with van der Waals surface area (Å²) >= 11 is 0. The molecule has 140 valence electrons. The SMILES string of the molecule is CN(C)CCCNc1cc(-c2ccccc2)nc(NCc2cccnc2)n1. The van der Waals surface area contributed by atoms with Crippen LogP contribution in [-0.4, -0.2) is 47.0 Å². The summed E-state index contributed by atoms with van der Waals surface area (Å²) in [5, 5.41) is 6.73. The van der Waals surface area contributed by atoms with Crippen LogP contribution in [0.5, 0.6) is 0 Å². The van der Waals surface area contributed by atoms with Crippen molar-refractivity contribution in [1.82, 2.24) is 19.9 Å². The lowest BCUT2D eigenvalue weighted by Gasteiger charge is -2.13. The van der Waals surface area contributed by atoms with Crippen LogP contribution < -0.4 is 10.6 Å². The standard InChI is InChI=1S/C21H26N6/c1-27(2)13-7-12-23-20-14-19(18-9-4-3-5-10-18)25-21(26-20)24-16-17-8-6-11-22-15-17/h3-6,8-11,14-15H,7,12-13,16H2,1-2H3,(H2,23,24,25,26). The average molecular weight is 362 g/mol. The third-order valence-corrected chi connectivity index (χ3v) is 4.06. The fourth-order valence-electron chi connectivity index (χ4n) is 2.67. The highest BCUT2D eigenvalue weighted by molar-refractivity contribution is 5.64. The van der Waals surface area contributed by atoms with Gasteiger partial charge in [-0.05, 0) is 38.7 Å². The first-order chi connectivity index (χ1) is 13.2. The third-order valence-electron chi connectivity index (χ3n) is 4.06. The first-order valence-corrected chi connectivity index (χ1v) is 9.16. The van der Waals surface area contributed by atoms with E-state index in [-0.39, 0.29) is 0 Å². The molecule has 6 heteroatoms. The number of nitrogens with one attached hydrogen (secondary N) is 2. The van der Waals surface area contributed by atoms with Crippen LogP contribution in [0.1, 0.15) is 12.0 Å². The van der Waals surface area contributed by atoms with E-state index in [0.29, 0.717) is 12.5 Å². The second kappa shape index (κ2) is 9.64. The Morgan fingerprint density at radius 2 is 1.81 bits per heavy atom. The van der Waals surface area contributed by atoms with Crippen LogP contribution in [-0.2, 0) is 6.54 Å². The third kappa shape index (κ3) is 6.04. The Balaban J connectivity index is 1.75. The van der Waals surface area contributed by atoms with Gasteiger partial charge >= 0.3 is 0 Å². The normalized spacial score (nSPS) is 10.8. The first kappa shape index (κ1) is 18.8. The van der Waals surface area contributed by atoms with Crippen molar-refractivity contribution in [2.24, 2.45) is 0 Å². The number of benzene rings is 1. The van der Waals surface area contributed by atoms with Crippen LogP contribution in [0, 0.1) is 0 Å². The van der Waals surface area contributed by atoms with Gasteiger partial charge in [0.05, 0.1) is 5.69 Å². The lowest BCUT2D eigenvalue weighted by atomic mass is 10.1. The molecule has 0 amide bonds. The quantitative estimate of drug-likeness (QED) is 0.568. The zero-order valence-electron chi connectivity index (χ0n) is 15.9. The van der Waals surface area contributed by atoms with Gasteiger partial charge < -0.3 is 15.5 Å². The van der Waals surface area contributed by atoms with Crippen LogP contribution >= 0.6 is 0 Å². The molecule has 2 N–H and O–H groups in total. The van der Waals surface area contributed by atoms with Crippen molar-refractivity contribution in [1.29, 1.82) is 0 Å². The molecule has 0 saturated carbocycles. The minimum Gasteiger partial charge on any atom is -0.370 e. The summed E-state index contributed by atoms with van der Waals surface area (Å²) in [4.78, 5) is 15.6. The van der Waals surface area contributed by atoms with E-state index in [1.165, 1.54) is 0 Å². The van der Waals surface area contributed by atoms with Crippen LogP contribution in [0.3, 0.4) is 0 Å². The van der Waals surface area contributed by atoms with Crippen molar-refractivity contribution in [3.63, 3.8) is 0 Å². The summed E-state index contributed by atoms with van der Waals surface area (Å²) in [6.07, 6.45) is 4.66. The minimum atomic E-state index is 0.607. The summed E-state index contributed by atoms with van der Waals surface area (Å²) in [6.45, 7) is 2.54. The van der Waals surface area contributed by atoms with Crippen molar-refractivity contribution in [2.75, 3.05) is 37.8 Å². The second-order valence-electron chi connectivity index (χ2n) is 6.63. The van der Waals surface area contributed by atoms with E-state index in [0.717, 1.165) is 42.1 Å². The predicted molar refractivity (Wildman–Crippen MR) is 111 cm³/mol. The first-order valence-electron chi connectivity index (χ1n) is 9.16. The molecule has 3 rings (SSSR count). The number of hydrogen-bond donors (Lipinski definition) is 2. The van der Waals surface area contributed by atoms with E-state index in [9.17, 15) is 0 Å². The molecule has 0 aliphatic rings. The van der Waals surface area contributed by atoms with Crippen molar-refractivity contribution in [3.8, 4) is 11.3 Å². The molecule has 0 atom stereocenters. The molecule has 27 heavy (non-hydrogen) atoms. The highest BCUT2D eigenvalue weighted by Crippen LogP contribution is 2.21. The largest absolute Gasteiger partial charge is 0.370 e. The molecule has 0 spiro atoms. The summed E-state index contributed by atoms with van der Waals surface area (Å²) in [5.41, 5.74) is 3.06. The number of nitrogens with zero attached hydrogens (tertiary/aromatic N) is 4. The molecular weight excluding hydrogens is 336 g/mol. The van der Waals surface area contributed by atoms with Gasteiger partial charge in [-0.3, -0.25) is 4.98 Å². The van der Waals surface area contributed by atoms with Gasteiger partial charge in [0, 0.05) is 37.1 Å². The molecule has 0 unspecified atom stereocenters. The van der Waals surface area contributed by atoms with Crippen LogP contribution in [0.4, 0.5) is 11.8 Å². The van der Waals surface area contributed by atoms with Gasteiger partial charge in [-0.2, -0.15) is 4.98 Å². The summed E-state index contributed by atoms with van der Waals surface area (Å²) in [7, 11) is 4.16. The molecule has 2 heterocycles. The van der Waals surface area contributed by atoms with Crippen LogP contribution in [0.25, 0.3) is 11.3 Å². The Labute approximate surface area is 160 Å². The maximum atomic E-state index is 4.68. The van der Waals surface area contributed by atoms with Crippen LogP contribution in [0.15, 0.2) is 60.9 Å². The molecule has 1 aromatic carbocycles. The van der Waals surface area contributed by atoms with Gasteiger partial charge in [0.25, 0.3) is 0 Å². The van der Waals surface area contributed by atoms with Gasteiger partial charge in [0.1, 0.15) is 5.82 Å². The van der Waals surface area contributed by atoms with E-state index < -0.39 is 0 Å². The molecular formula is C21H26N6. The molecule has 2 aromatic heterocycles. The molecule has 0 aliphatic carbocycles. The molecule has 0 aliphatic heterocycles. The molecule has 0 radical (unpaired) electrons. The Hall–Kier alpha value is -2.99. The van der Waals surface area contributed by atoms with Crippen LogP contribution in [0.2, 0.25) is 0 Å². The molecule has 0 bridgehead atoms. The monoisotopic (exact) mass is 362 g/mol. The Kier molecular flexibility index (Phi) is 6.71. The maximum Gasteiger partial charge on any atom is 0.225 e. The Morgan fingerprint density at radius 3 is 2.56 bits per heavy atom. The van der Waals surface area contributed by atoms with E-state index >= 15 is 0 Å². The predicted octanol–water partition coefficient (Wildman–Crippen LogP) is 3.51.